The highest BCUT2D eigenvalue weighted by molar-refractivity contribution is 7.98. The number of nitrogen functional groups attached to an aromatic ring is 1. The third-order valence-corrected chi connectivity index (χ3v) is 4.99. The molecule has 0 amide bonds. The minimum atomic E-state index is 0.460. The van der Waals surface area contributed by atoms with E-state index in [0.29, 0.717) is 28.5 Å². The number of hydrogen-bond acceptors (Lipinski definition) is 7. The van der Waals surface area contributed by atoms with E-state index in [1.54, 1.807) is 0 Å². The molecule has 0 fully saturated rings. The van der Waals surface area contributed by atoms with Crippen LogP contribution in [-0.4, -0.2) is 25.1 Å². The van der Waals surface area contributed by atoms with Gasteiger partial charge in [0, 0.05) is 11.1 Å². The number of benzene rings is 2. The van der Waals surface area contributed by atoms with Gasteiger partial charge in [-0.05, 0) is 26.0 Å². The summed E-state index contributed by atoms with van der Waals surface area (Å²) in [6, 6.07) is 15.9. The maximum atomic E-state index is 6.15. The Hall–Kier alpha value is -3.13. The summed E-state index contributed by atoms with van der Waals surface area (Å²) in [6.07, 6.45) is 0. The van der Waals surface area contributed by atoms with Gasteiger partial charge in [-0.15, -0.1) is 20.4 Å². The molecule has 0 aliphatic heterocycles. The number of aromatic nitrogens is 5. The molecule has 136 valence electrons. The fourth-order valence-electron chi connectivity index (χ4n) is 2.53. The Morgan fingerprint density at radius 2 is 1.48 bits per heavy atom. The Morgan fingerprint density at radius 1 is 0.852 bits per heavy atom. The lowest BCUT2D eigenvalue weighted by Crippen LogP contribution is -2.11. The van der Waals surface area contributed by atoms with Crippen molar-refractivity contribution in [2.24, 2.45) is 0 Å². The van der Waals surface area contributed by atoms with Crippen molar-refractivity contribution in [1.29, 1.82) is 0 Å². The molecule has 4 rings (SSSR count). The first kappa shape index (κ1) is 17.3. The molecule has 0 saturated heterocycles. The molecule has 0 saturated carbocycles. The van der Waals surface area contributed by atoms with E-state index in [9.17, 15) is 0 Å². The maximum absolute atomic E-state index is 6.15. The van der Waals surface area contributed by atoms with Crippen LogP contribution >= 0.6 is 11.8 Å². The molecular weight excluding hydrogens is 360 g/mol. The summed E-state index contributed by atoms with van der Waals surface area (Å²) in [7, 11) is 0. The molecule has 0 radical (unpaired) electrons. The number of hydrogen-bond donors (Lipinski definition) is 1. The summed E-state index contributed by atoms with van der Waals surface area (Å²) in [6.45, 7) is 4.07. The molecule has 0 unspecified atom stereocenters. The molecule has 8 heteroatoms. The van der Waals surface area contributed by atoms with Gasteiger partial charge in [-0.1, -0.05) is 59.3 Å². The SMILES string of the molecule is Cc1ccc(-c2nnc(CSc3nnc(-c4ccc(C)cc4)n3N)o2)cc1. The van der Waals surface area contributed by atoms with Gasteiger partial charge in [0.25, 0.3) is 0 Å². The van der Waals surface area contributed by atoms with Gasteiger partial charge >= 0.3 is 0 Å². The topological polar surface area (TPSA) is 95.7 Å². The second-order valence-corrected chi connectivity index (χ2v) is 7.14. The van der Waals surface area contributed by atoms with Crippen LogP contribution in [-0.2, 0) is 5.75 Å². The number of thioether (sulfide) groups is 1. The van der Waals surface area contributed by atoms with Gasteiger partial charge < -0.3 is 10.3 Å². The standard InChI is InChI=1S/C19H18N6OS/c1-12-3-7-14(8-4-12)17-22-24-19(25(17)20)27-11-16-21-23-18(26-16)15-9-5-13(2)6-10-15/h3-10H,11,20H2,1-2H3. The monoisotopic (exact) mass is 378 g/mol. The molecule has 0 bridgehead atoms. The van der Waals surface area contributed by atoms with Crippen LogP contribution in [0.15, 0.2) is 58.1 Å². The van der Waals surface area contributed by atoms with Gasteiger partial charge in [0.2, 0.25) is 16.9 Å². The summed E-state index contributed by atoms with van der Waals surface area (Å²) in [4.78, 5) is 0. The third-order valence-electron chi connectivity index (χ3n) is 4.06. The summed E-state index contributed by atoms with van der Waals surface area (Å²) in [5.41, 5.74) is 4.17. The van der Waals surface area contributed by atoms with E-state index in [4.69, 9.17) is 10.3 Å². The van der Waals surface area contributed by atoms with E-state index in [-0.39, 0.29) is 0 Å². The minimum Gasteiger partial charge on any atom is -0.420 e. The fraction of sp³-hybridized carbons (Fsp3) is 0.158. The van der Waals surface area contributed by atoms with Crippen LogP contribution in [0.2, 0.25) is 0 Å². The van der Waals surface area contributed by atoms with Gasteiger partial charge in [-0.25, -0.2) is 4.68 Å². The number of nitrogens with zero attached hydrogens (tertiary/aromatic N) is 5. The van der Waals surface area contributed by atoms with E-state index in [2.05, 4.69) is 20.4 Å². The Balaban J connectivity index is 1.46. The number of aryl methyl sites for hydroxylation is 2. The van der Waals surface area contributed by atoms with Crippen molar-refractivity contribution in [3.63, 3.8) is 0 Å². The smallest absolute Gasteiger partial charge is 0.247 e. The molecule has 0 atom stereocenters. The highest BCUT2D eigenvalue weighted by Crippen LogP contribution is 2.25. The Kier molecular flexibility index (Phi) is 4.64. The summed E-state index contributed by atoms with van der Waals surface area (Å²) in [5.74, 6) is 8.24. The largest absolute Gasteiger partial charge is 0.420 e. The predicted molar refractivity (Wildman–Crippen MR) is 104 cm³/mol. The summed E-state index contributed by atoms with van der Waals surface area (Å²) in [5, 5.41) is 17.1. The lowest BCUT2D eigenvalue weighted by Gasteiger charge is -2.03. The van der Waals surface area contributed by atoms with Crippen molar-refractivity contribution in [3.05, 3.63) is 65.5 Å². The van der Waals surface area contributed by atoms with Crippen molar-refractivity contribution in [3.8, 4) is 22.8 Å². The zero-order valence-corrected chi connectivity index (χ0v) is 15.8. The average molecular weight is 378 g/mol. The second-order valence-electron chi connectivity index (χ2n) is 6.20. The van der Waals surface area contributed by atoms with Gasteiger partial charge in [-0.3, -0.25) is 0 Å². The molecular formula is C19H18N6OS. The molecule has 2 aromatic carbocycles. The van der Waals surface area contributed by atoms with Crippen LogP contribution < -0.4 is 5.84 Å². The maximum Gasteiger partial charge on any atom is 0.247 e. The van der Waals surface area contributed by atoms with E-state index < -0.39 is 0 Å². The van der Waals surface area contributed by atoms with E-state index >= 15 is 0 Å². The third kappa shape index (κ3) is 3.70. The zero-order chi connectivity index (χ0) is 18.8. The van der Waals surface area contributed by atoms with Crippen molar-refractivity contribution in [2.75, 3.05) is 5.84 Å². The van der Waals surface area contributed by atoms with Crippen molar-refractivity contribution in [1.82, 2.24) is 25.1 Å². The Morgan fingerprint density at radius 3 is 2.15 bits per heavy atom. The summed E-state index contributed by atoms with van der Waals surface area (Å²) < 4.78 is 7.21. The molecule has 0 spiro atoms. The van der Waals surface area contributed by atoms with Crippen LogP contribution in [0.1, 0.15) is 17.0 Å². The first-order chi connectivity index (χ1) is 13.1. The molecule has 2 aromatic heterocycles. The predicted octanol–water partition coefficient (Wildman–Crippen LogP) is 3.62. The van der Waals surface area contributed by atoms with Crippen LogP contribution in [0.4, 0.5) is 0 Å². The van der Waals surface area contributed by atoms with Gasteiger partial charge in [0.05, 0.1) is 5.75 Å². The van der Waals surface area contributed by atoms with Gasteiger partial charge in [-0.2, -0.15) is 0 Å². The van der Waals surface area contributed by atoms with Gasteiger partial charge in [0.15, 0.2) is 5.82 Å². The van der Waals surface area contributed by atoms with Gasteiger partial charge in [0.1, 0.15) is 0 Å². The summed E-state index contributed by atoms with van der Waals surface area (Å²) >= 11 is 1.40. The van der Waals surface area contributed by atoms with Crippen molar-refractivity contribution < 1.29 is 4.42 Å². The quantitative estimate of drug-likeness (QED) is 0.418. The lowest BCUT2D eigenvalue weighted by molar-refractivity contribution is 0.528. The number of nitrogens with two attached hydrogens (primary N) is 1. The van der Waals surface area contributed by atoms with Crippen LogP contribution in [0, 0.1) is 13.8 Å². The molecule has 0 aliphatic carbocycles. The molecule has 7 nitrogen and oxygen atoms in total. The zero-order valence-electron chi connectivity index (χ0n) is 15.0. The molecule has 0 aliphatic rings. The molecule has 4 aromatic rings. The number of rotatable bonds is 5. The highest BCUT2D eigenvalue weighted by Gasteiger charge is 2.14. The Bertz CT molecular complexity index is 1050. The van der Waals surface area contributed by atoms with Crippen LogP contribution in [0.3, 0.4) is 0 Å². The van der Waals surface area contributed by atoms with Crippen molar-refractivity contribution in [2.45, 2.75) is 24.8 Å². The van der Waals surface area contributed by atoms with Crippen LogP contribution in [0.5, 0.6) is 0 Å². The van der Waals surface area contributed by atoms with E-state index in [1.807, 2.05) is 62.4 Å². The lowest BCUT2D eigenvalue weighted by atomic mass is 10.1. The molecule has 2 N–H and O–H groups in total. The fourth-order valence-corrected chi connectivity index (χ4v) is 3.22. The molecule has 2 heterocycles. The second kappa shape index (κ2) is 7.24. The average Bonchev–Trinajstić information content (AvgIpc) is 3.28. The first-order valence-corrected chi connectivity index (χ1v) is 9.38. The first-order valence-electron chi connectivity index (χ1n) is 8.40. The highest BCUT2D eigenvalue weighted by atomic mass is 32.2. The molecule has 27 heavy (non-hydrogen) atoms. The Labute approximate surface area is 160 Å². The van der Waals surface area contributed by atoms with Crippen LogP contribution in [0.25, 0.3) is 22.8 Å². The van der Waals surface area contributed by atoms with E-state index in [0.717, 1.165) is 11.1 Å². The van der Waals surface area contributed by atoms with E-state index in [1.165, 1.54) is 27.6 Å². The normalized spacial score (nSPS) is 11.0. The minimum absolute atomic E-state index is 0.460. The van der Waals surface area contributed by atoms with Crippen molar-refractivity contribution >= 4 is 11.8 Å².